The maximum absolute atomic E-state index is 12.9. The molecule has 0 aliphatic rings. The van der Waals surface area contributed by atoms with Crippen LogP contribution in [0.25, 0.3) is 0 Å². The van der Waals surface area contributed by atoms with Gasteiger partial charge in [0.05, 0.1) is 11.9 Å². The van der Waals surface area contributed by atoms with Crippen LogP contribution in [0.1, 0.15) is 16.1 Å². The summed E-state index contributed by atoms with van der Waals surface area (Å²) in [6.45, 7) is 0.540. The lowest BCUT2D eigenvalue weighted by molar-refractivity contribution is 0.102. The summed E-state index contributed by atoms with van der Waals surface area (Å²) in [6.07, 6.45) is 1.58. The molecule has 3 aromatic rings. The van der Waals surface area contributed by atoms with Crippen molar-refractivity contribution in [1.82, 2.24) is 4.98 Å². The molecule has 1 amide bonds. The third-order valence-electron chi connectivity index (χ3n) is 3.51. The van der Waals surface area contributed by atoms with Gasteiger partial charge in [0.15, 0.2) is 0 Å². The molecule has 0 atom stereocenters. The highest BCUT2D eigenvalue weighted by molar-refractivity contribution is 6.30. The smallest absolute Gasteiger partial charge is 0.274 e. The third-order valence-corrected chi connectivity index (χ3v) is 3.76. The Balaban J connectivity index is 1.58. The van der Waals surface area contributed by atoms with Crippen molar-refractivity contribution < 1.29 is 9.18 Å². The van der Waals surface area contributed by atoms with Crippen molar-refractivity contribution in [3.63, 3.8) is 0 Å². The van der Waals surface area contributed by atoms with E-state index in [4.69, 9.17) is 11.6 Å². The minimum absolute atomic E-state index is 0.263. The molecule has 0 aliphatic carbocycles. The van der Waals surface area contributed by atoms with Crippen LogP contribution in [0.2, 0.25) is 5.02 Å². The number of pyridine rings is 1. The first-order valence-corrected chi connectivity index (χ1v) is 7.99. The molecule has 0 saturated heterocycles. The van der Waals surface area contributed by atoms with E-state index in [0.29, 0.717) is 22.9 Å². The maximum Gasteiger partial charge on any atom is 0.274 e. The van der Waals surface area contributed by atoms with Gasteiger partial charge >= 0.3 is 0 Å². The lowest BCUT2D eigenvalue weighted by atomic mass is 10.2. The van der Waals surface area contributed by atoms with Crippen molar-refractivity contribution in [3.8, 4) is 0 Å². The number of benzene rings is 2. The van der Waals surface area contributed by atoms with Crippen LogP contribution in [0.3, 0.4) is 0 Å². The molecule has 0 aliphatic heterocycles. The maximum atomic E-state index is 12.9. The molecule has 2 N–H and O–H groups in total. The Morgan fingerprint density at radius 1 is 0.960 bits per heavy atom. The molecule has 0 spiro atoms. The number of hydrogen-bond donors (Lipinski definition) is 2. The molecule has 1 heterocycles. The van der Waals surface area contributed by atoms with Gasteiger partial charge in [-0.15, -0.1) is 0 Å². The Kier molecular flexibility index (Phi) is 5.26. The van der Waals surface area contributed by atoms with E-state index in [9.17, 15) is 9.18 Å². The first-order valence-electron chi connectivity index (χ1n) is 7.61. The summed E-state index contributed by atoms with van der Waals surface area (Å²) in [5.41, 5.74) is 2.68. The molecule has 126 valence electrons. The van der Waals surface area contributed by atoms with Crippen LogP contribution in [0, 0.1) is 5.82 Å². The van der Waals surface area contributed by atoms with Gasteiger partial charge in [0.1, 0.15) is 11.5 Å². The van der Waals surface area contributed by atoms with Gasteiger partial charge in [-0.2, -0.15) is 0 Å². The topological polar surface area (TPSA) is 54.0 Å². The van der Waals surface area contributed by atoms with Crippen LogP contribution >= 0.6 is 11.6 Å². The largest absolute Gasteiger partial charge is 0.380 e. The van der Waals surface area contributed by atoms with Crippen LogP contribution in [0.4, 0.5) is 15.8 Å². The average Bonchev–Trinajstić information content (AvgIpc) is 2.63. The van der Waals surface area contributed by atoms with Crippen molar-refractivity contribution >= 4 is 28.9 Å². The summed E-state index contributed by atoms with van der Waals surface area (Å²) in [5, 5.41) is 6.53. The number of amides is 1. The first kappa shape index (κ1) is 16.9. The highest BCUT2D eigenvalue weighted by Crippen LogP contribution is 2.15. The predicted molar refractivity (Wildman–Crippen MR) is 97.4 cm³/mol. The standard InChI is InChI=1S/C19H15ClFN3O/c20-14-3-7-16(8-4-14)24-19(25)18-10-9-17(12-23-18)22-11-13-1-5-15(21)6-2-13/h1-10,12,22H,11H2,(H,24,25). The van der Waals surface area contributed by atoms with Gasteiger partial charge in [0, 0.05) is 17.3 Å². The second-order valence-corrected chi connectivity index (χ2v) is 5.81. The summed E-state index contributed by atoms with van der Waals surface area (Å²) in [5.74, 6) is -0.561. The zero-order valence-electron chi connectivity index (χ0n) is 13.2. The van der Waals surface area contributed by atoms with E-state index in [1.165, 1.54) is 12.1 Å². The lowest BCUT2D eigenvalue weighted by Crippen LogP contribution is -2.13. The van der Waals surface area contributed by atoms with Gasteiger partial charge in [-0.05, 0) is 54.1 Å². The number of carbonyl (C=O) groups is 1. The summed E-state index contributed by atoms with van der Waals surface area (Å²) in [7, 11) is 0. The molecular formula is C19H15ClFN3O. The summed E-state index contributed by atoms with van der Waals surface area (Å²) >= 11 is 5.81. The second kappa shape index (κ2) is 7.77. The highest BCUT2D eigenvalue weighted by atomic mass is 35.5. The molecule has 0 fully saturated rings. The van der Waals surface area contributed by atoms with Crippen LogP contribution in [0.5, 0.6) is 0 Å². The predicted octanol–water partition coefficient (Wildman–Crippen LogP) is 4.74. The highest BCUT2D eigenvalue weighted by Gasteiger charge is 2.07. The van der Waals surface area contributed by atoms with Crippen molar-refractivity contribution in [2.24, 2.45) is 0 Å². The third kappa shape index (κ3) is 4.78. The Morgan fingerprint density at radius 3 is 2.28 bits per heavy atom. The van der Waals surface area contributed by atoms with E-state index in [1.807, 2.05) is 0 Å². The van der Waals surface area contributed by atoms with Gasteiger partial charge in [-0.1, -0.05) is 23.7 Å². The zero-order chi connectivity index (χ0) is 17.6. The SMILES string of the molecule is O=C(Nc1ccc(Cl)cc1)c1ccc(NCc2ccc(F)cc2)cn1. The molecular weight excluding hydrogens is 341 g/mol. The Bertz CT molecular complexity index is 849. The number of halogens is 2. The van der Waals surface area contributed by atoms with Crippen molar-refractivity contribution in [1.29, 1.82) is 0 Å². The monoisotopic (exact) mass is 355 g/mol. The summed E-state index contributed by atoms with van der Waals surface area (Å²) in [4.78, 5) is 16.3. The quantitative estimate of drug-likeness (QED) is 0.695. The summed E-state index contributed by atoms with van der Waals surface area (Å²) < 4.78 is 12.9. The molecule has 0 unspecified atom stereocenters. The van der Waals surface area contributed by atoms with E-state index in [2.05, 4.69) is 15.6 Å². The fraction of sp³-hybridized carbons (Fsp3) is 0.0526. The Morgan fingerprint density at radius 2 is 1.64 bits per heavy atom. The molecule has 1 aromatic heterocycles. The molecule has 0 radical (unpaired) electrons. The molecule has 3 rings (SSSR count). The van der Waals surface area contributed by atoms with Gasteiger partial charge in [-0.3, -0.25) is 4.79 Å². The second-order valence-electron chi connectivity index (χ2n) is 5.37. The van der Waals surface area contributed by atoms with E-state index < -0.39 is 0 Å². The summed E-state index contributed by atoms with van der Waals surface area (Å²) in [6, 6.07) is 16.5. The minimum atomic E-state index is -0.299. The normalized spacial score (nSPS) is 10.3. The number of rotatable bonds is 5. The van der Waals surface area contributed by atoms with Gasteiger partial charge in [-0.25, -0.2) is 9.37 Å². The number of nitrogens with one attached hydrogen (secondary N) is 2. The molecule has 2 aromatic carbocycles. The minimum Gasteiger partial charge on any atom is -0.380 e. The van der Waals surface area contributed by atoms with Crippen LogP contribution in [-0.4, -0.2) is 10.9 Å². The van der Waals surface area contributed by atoms with Crippen LogP contribution < -0.4 is 10.6 Å². The number of aromatic nitrogens is 1. The van der Waals surface area contributed by atoms with Gasteiger partial charge in [0.2, 0.25) is 0 Å². The fourth-order valence-electron chi connectivity index (χ4n) is 2.17. The number of hydrogen-bond acceptors (Lipinski definition) is 3. The molecule has 0 saturated carbocycles. The van der Waals surface area contributed by atoms with Crippen LogP contribution in [0.15, 0.2) is 66.9 Å². The van der Waals surface area contributed by atoms with Crippen molar-refractivity contribution in [2.45, 2.75) is 6.54 Å². The fourth-order valence-corrected chi connectivity index (χ4v) is 2.29. The molecule has 25 heavy (non-hydrogen) atoms. The van der Waals surface area contributed by atoms with E-state index in [0.717, 1.165) is 11.3 Å². The first-order chi connectivity index (χ1) is 12.1. The zero-order valence-corrected chi connectivity index (χ0v) is 13.9. The van der Waals surface area contributed by atoms with Gasteiger partial charge < -0.3 is 10.6 Å². The lowest BCUT2D eigenvalue weighted by Gasteiger charge is -2.08. The number of carbonyl (C=O) groups excluding carboxylic acids is 1. The van der Waals surface area contributed by atoms with Gasteiger partial charge in [0.25, 0.3) is 5.91 Å². The van der Waals surface area contributed by atoms with Crippen molar-refractivity contribution in [2.75, 3.05) is 10.6 Å². The van der Waals surface area contributed by atoms with E-state index >= 15 is 0 Å². The molecule has 4 nitrogen and oxygen atoms in total. The number of anilines is 2. The van der Waals surface area contributed by atoms with E-state index in [-0.39, 0.29) is 11.7 Å². The van der Waals surface area contributed by atoms with E-state index in [1.54, 1.807) is 54.7 Å². The Labute approximate surface area is 149 Å². The molecule has 6 heteroatoms. The van der Waals surface area contributed by atoms with Crippen molar-refractivity contribution in [3.05, 3.63) is 89.0 Å². The van der Waals surface area contributed by atoms with Crippen LogP contribution in [-0.2, 0) is 6.54 Å². The Hall–Kier alpha value is -2.92. The average molecular weight is 356 g/mol. The molecule has 0 bridgehead atoms. The number of nitrogens with zero attached hydrogens (tertiary/aromatic N) is 1.